The second-order valence-electron chi connectivity index (χ2n) is 3.94. The molecule has 19 heavy (non-hydrogen) atoms. The van der Waals surface area contributed by atoms with E-state index < -0.39 is 18.1 Å². The van der Waals surface area contributed by atoms with Gasteiger partial charge in [-0.15, -0.1) is 0 Å². The van der Waals surface area contributed by atoms with Crippen molar-refractivity contribution in [3.8, 4) is 0 Å². The van der Waals surface area contributed by atoms with Crippen molar-refractivity contribution in [3.63, 3.8) is 0 Å². The molecule has 0 heterocycles. The lowest BCUT2D eigenvalue weighted by atomic mass is 10.2. The quantitative estimate of drug-likeness (QED) is 0.585. The van der Waals surface area contributed by atoms with Gasteiger partial charge in [0.2, 0.25) is 0 Å². The van der Waals surface area contributed by atoms with E-state index in [-0.39, 0.29) is 13.0 Å². The van der Waals surface area contributed by atoms with Crippen LogP contribution in [0, 0.1) is 10.5 Å². The number of anilines is 1. The van der Waals surface area contributed by atoms with E-state index in [4.69, 9.17) is 10.2 Å². The molecule has 7 heteroatoms. The first-order valence-electron chi connectivity index (χ1n) is 5.62. The fourth-order valence-electron chi connectivity index (χ4n) is 1.36. The Morgan fingerprint density at radius 3 is 2.74 bits per heavy atom. The van der Waals surface area contributed by atoms with Gasteiger partial charge in [-0.25, -0.2) is 9.59 Å². The molecule has 1 aromatic rings. The lowest BCUT2D eigenvalue weighted by molar-refractivity contribution is -0.146. The minimum Gasteiger partial charge on any atom is -0.479 e. The van der Waals surface area contributed by atoms with Crippen molar-refractivity contribution >= 4 is 40.3 Å². The first kappa shape index (κ1) is 15.7. The van der Waals surface area contributed by atoms with E-state index >= 15 is 0 Å². The minimum atomic E-state index is -1.46. The highest BCUT2D eigenvalue weighted by Gasteiger charge is 2.13. The summed E-state index contributed by atoms with van der Waals surface area (Å²) < 4.78 is 1.04. The number of benzene rings is 1. The van der Waals surface area contributed by atoms with Crippen molar-refractivity contribution in [2.75, 3.05) is 11.9 Å². The van der Waals surface area contributed by atoms with E-state index in [1.54, 1.807) is 6.07 Å². The number of hydrogen-bond donors (Lipinski definition) is 4. The van der Waals surface area contributed by atoms with Crippen LogP contribution >= 0.6 is 22.6 Å². The Bertz CT molecular complexity index is 479. The molecule has 0 aliphatic heterocycles. The normalized spacial score (nSPS) is 11.7. The highest BCUT2D eigenvalue weighted by molar-refractivity contribution is 14.1. The number of carboxylic acids is 1. The topological polar surface area (TPSA) is 98.7 Å². The van der Waals surface area contributed by atoms with Crippen LogP contribution in [-0.4, -0.2) is 34.9 Å². The minimum absolute atomic E-state index is 0.0337. The van der Waals surface area contributed by atoms with Crippen molar-refractivity contribution < 1.29 is 19.8 Å². The molecule has 4 N–H and O–H groups in total. The van der Waals surface area contributed by atoms with E-state index in [2.05, 4.69) is 33.2 Å². The first-order chi connectivity index (χ1) is 8.91. The van der Waals surface area contributed by atoms with Crippen LogP contribution in [0.25, 0.3) is 0 Å². The second-order valence-corrected chi connectivity index (χ2v) is 5.10. The number of carboxylic acid groups (broad SMARTS) is 1. The zero-order valence-corrected chi connectivity index (χ0v) is 12.5. The van der Waals surface area contributed by atoms with Crippen LogP contribution in [-0.2, 0) is 4.79 Å². The third-order valence-corrected chi connectivity index (χ3v) is 3.67. The van der Waals surface area contributed by atoms with Crippen molar-refractivity contribution in [1.82, 2.24) is 5.32 Å². The molecule has 0 aromatic heterocycles. The van der Waals surface area contributed by atoms with Crippen LogP contribution < -0.4 is 10.6 Å². The fourth-order valence-corrected chi connectivity index (χ4v) is 1.85. The highest BCUT2D eigenvalue weighted by Crippen LogP contribution is 2.19. The summed E-state index contributed by atoms with van der Waals surface area (Å²) in [5.74, 6) is -1.30. The summed E-state index contributed by atoms with van der Waals surface area (Å²) in [6.45, 7) is 1.98. The maximum atomic E-state index is 11.6. The van der Waals surface area contributed by atoms with Gasteiger partial charge < -0.3 is 20.8 Å². The summed E-state index contributed by atoms with van der Waals surface area (Å²) in [5.41, 5.74) is 1.66. The highest BCUT2D eigenvalue weighted by atomic mass is 127. The number of amides is 2. The van der Waals surface area contributed by atoms with Gasteiger partial charge in [0.05, 0.1) is 0 Å². The summed E-state index contributed by atoms with van der Waals surface area (Å²) in [5, 5.41) is 22.7. The van der Waals surface area contributed by atoms with Crippen LogP contribution in [0.4, 0.5) is 10.5 Å². The summed E-state index contributed by atoms with van der Waals surface area (Å²) in [7, 11) is 0. The molecule has 0 aliphatic rings. The van der Waals surface area contributed by atoms with Crippen LogP contribution in [0.5, 0.6) is 0 Å². The molecule has 0 saturated carbocycles. The number of aliphatic carboxylic acids is 1. The van der Waals surface area contributed by atoms with Gasteiger partial charge in [0, 0.05) is 22.2 Å². The number of urea groups is 1. The Kier molecular flexibility index (Phi) is 6.03. The molecule has 1 unspecified atom stereocenters. The smallest absolute Gasteiger partial charge is 0.332 e. The lowest BCUT2D eigenvalue weighted by Crippen LogP contribution is -2.33. The predicted octanol–water partition coefficient (Wildman–Crippen LogP) is 1.56. The zero-order valence-electron chi connectivity index (χ0n) is 10.3. The standard InChI is InChI=1S/C12H15IN2O4/c1-7-8(13)3-2-4-9(7)15-12(19)14-6-5-10(16)11(17)18/h2-4,10,16H,5-6H2,1H3,(H,17,18)(H2,14,15,19). The Morgan fingerprint density at radius 1 is 1.42 bits per heavy atom. The maximum absolute atomic E-state index is 11.6. The number of aliphatic hydroxyl groups is 1. The van der Waals surface area contributed by atoms with Gasteiger partial charge in [0.25, 0.3) is 0 Å². The van der Waals surface area contributed by atoms with E-state index in [1.165, 1.54) is 0 Å². The van der Waals surface area contributed by atoms with E-state index in [0.29, 0.717) is 5.69 Å². The van der Waals surface area contributed by atoms with Crippen molar-refractivity contribution in [1.29, 1.82) is 0 Å². The van der Waals surface area contributed by atoms with Gasteiger partial charge in [-0.3, -0.25) is 0 Å². The summed E-state index contributed by atoms with van der Waals surface area (Å²) >= 11 is 2.17. The van der Waals surface area contributed by atoms with Crippen molar-refractivity contribution in [2.45, 2.75) is 19.4 Å². The molecule has 0 radical (unpaired) electrons. The molecule has 2 amide bonds. The molecule has 0 spiro atoms. The van der Waals surface area contributed by atoms with E-state index in [1.807, 2.05) is 19.1 Å². The molecule has 0 bridgehead atoms. The Morgan fingerprint density at radius 2 is 2.11 bits per heavy atom. The molecule has 6 nitrogen and oxygen atoms in total. The number of carbonyl (C=O) groups excluding carboxylic acids is 1. The first-order valence-corrected chi connectivity index (χ1v) is 6.70. The number of aliphatic hydroxyl groups excluding tert-OH is 1. The second kappa shape index (κ2) is 7.29. The largest absolute Gasteiger partial charge is 0.479 e. The van der Waals surface area contributed by atoms with Crippen molar-refractivity contribution in [2.24, 2.45) is 0 Å². The number of halogens is 1. The predicted molar refractivity (Wildman–Crippen MR) is 79.2 cm³/mol. The summed E-state index contributed by atoms with van der Waals surface area (Å²) in [4.78, 5) is 21.9. The Balaban J connectivity index is 2.43. The molecule has 0 saturated heterocycles. The molecule has 0 fully saturated rings. The molecular formula is C12H15IN2O4. The van der Waals surface area contributed by atoms with Gasteiger partial charge in [0.1, 0.15) is 0 Å². The maximum Gasteiger partial charge on any atom is 0.332 e. The summed E-state index contributed by atoms with van der Waals surface area (Å²) in [6, 6.07) is 5.12. The number of nitrogens with one attached hydrogen (secondary N) is 2. The third kappa shape index (κ3) is 5.03. The molecular weight excluding hydrogens is 363 g/mol. The van der Waals surface area contributed by atoms with Gasteiger partial charge in [0.15, 0.2) is 6.10 Å². The van der Waals surface area contributed by atoms with Gasteiger partial charge in [-0.1, -0.05) is 6.07 Å². The van der Waals surface area contributed by atoms with Crippen molar-refractivity contribution in [3.05, 3.63) is 27.3 Å². The molecule has 1 aromatic carbocycles. The summed E-state index contributed by atoms with van der Waals surface area (Å²) in [6.07, 6.45) is -1.49. The van der Waals surface area contributed by atoms with Gasteiger partial charge in [-0.2, -0.15) is 0 Å². The molecule has 0 aliphatic carbocycles. The monoisotopic (exact) mass is 378 g/mol. The number of carbonyl (C=O) groups is 2. The average molecular weight is 378 g/mol. The molecule has 104 valence electrons. The van der Waals surface area contributed by atoms with Crippen LogP contribution in [0.2, 0.25) is 0 Å². The Hall–Kier alpha value is -1.35. The Labute approximate surface area is 124 Å². The fraction of sp³-hybridized carbons (Fsp3) is 0.333. The van der Waals surface area contributed by atoms with Crippen LogP contribution in [0.15, 0.2) is 18.2 Å². The van der Waals surface area contributed by atoms with Gasteiger partial charge in [-0.05, 0) is 47.2 Å². The molecule has 1 rings (SSSR count). The van der Waals surface area contributed by atoms with Crippen LogP contribution in [0.3, 0.4) is 0 Å². The van der Waals surface area contributed by atoms with Crippen LogP contribution in [0.1, 0.15) is 12.0 Å². The van der Waals surface area contributed by atoms with E-state index in [9.17, 15) is 9.59 Å². The third-order valence-electron chi connectivity index (χ3n) is 2.50. The van der Waals surface area contributed by atoms with Gasteiger partial charge >= 0.3 is 12.0 Å². The SMILES string of the molecule is Cc1c(I)cccc1NC(=O)NCCC(O)C(=O)O. The zero-order chi connectivity index (χ0) is 14.4. The number of hydrogen-bond acceptors (Lipinski definition) is 3. The lowest BCUT2D eigenvalue weighted by Gasteiger charge is -2.11. The average Bonchev–Trinajstić information content (AvgIpc) is 2.34. The van der Waals surface area contributed by atoms with E-state index in [0.717, 1.165) is 9.13 Å². The molecule has 1 atom stereocenters. The number of rotatable bonds is 5.